The Bertz CT molecular complexity index is 386. The number of nitrogens with zero attached hydrogens (tertiary/aromatic N) is 2. The van der Waals surface area contributed by atoms with E-state index in [1.165, 1.54) is 12.4 Å². The molecule has 0 saturated carbocycles. The lowest BCUT2D eigenvalue weighted by Gasteiger charge is -1.98. The van der Waals surface area contributed by atoms with Crippen LogP contribution < -0.4 is 5.73 Å². The van der Waals surface area contributed by atoms with Crippen molar-refractivity contribution >= 4 is 16.7 Å². The zero-order valence-corrected chi connectivity index (χ0v) is 6.16. The summed E-state index contributed by atoms with van der Waals surface area (Å²) in [6.45, 7) is 0. The average molecular weight is 163 g/mol. The highest BCUT2D eigenvalue weighted by molar-refractivity contribution is 5.87. The summed E-state index contributed by atoms with van der Waals surface area (Å²) in [7, 11) is 0. The molecule has 0 spiro atoms. The first kappa shape index (κ1) is 6.97. The highest BCUT2D eigenvalue weighted by Crippen LogP contribution is 2.18. The number of fused-ring (bicyclic) bond motifs is 1. The number of hydrogen-bond acceptors (Lipinski definition) is 3. The van der Waals surface area contributed by atoms with E-state index in [1.807, 2.05) is 0 Å². The second-order valence-electron chi connectivity index (χ2n) is 2.39. The van der Waals surface area contributed by atoms with Crippen molar-refractivity contribution in [2.75, 3.05) is 5.73 Å². The van der Waals surface area contributed by atoms with E-state index in [-0.39, 0.29) is 11.3 Å². The quantitative estimate of drug-likeness (QED) is 0.637. The van der Waals surface area contributed by atoms with E-state index in [1.54, 1.807) is 12.1 Å². The van der Waals surface area contributed by atoms with Gasteiger partial charge in [0.25, 0.3) is 0 Å². The van der Waals surface area contributed by atoms with E-state index in [0.29, 0.717) is 11.2 Å². The molecule has 0 aliphatic heterocycles. The molecule has 2 aromatic rings. The van der Waals surface area contributed by atoms with Gasteiger partial charge in [-0.3, -0.25) is 0 Å². The number of nitrogens with two attached hydrogens (primary N) is 1. The first-order valence-corrected chi connectivity index (χ1v) is 3.44. The summed E-state index contributed by atoms with van der Waals surface area (Å²) in [4.78, 5) is 7.52. The van der Waals surface area contributed by atoms with E-state index in [2.05, 4.69) is 9.97 Å². The third kappa shape index (κ3) is 0.887. The molecular formula is C8H6FN3. The molecule has 2 rings (SSSR count). The maximum Gasteiger partial charge on any atom is 0.149 e. The van der Waals surface area contributed by atoms with Gasteiger partial charge in [-0.1, -0.05) is 6.07 Å². The minimum atomic E-state index is -0.374. The molecule has 0 aliphatic carbocycles. The number of para-hydroxylation sites is 1. The Kier molecular flexibility index (Phi) is 1.40. The minimum Gasteiger partial charge on any atom is -0.383 e. The van der Waals surface area contributed by atoms with Crippen LogP contribution in [0.4, 0.5) is 10.2 Å². The molecule has 0 atom stereocenters. The van der Waals surface area contributed by atoms with E-state index >= 15 is 0 Å². The molecule has 2 N–H and O–H groups in total. The van der Waals surface area contributed by atoms with Crippen molar-refractivity contribution in [3.05, 3.63) is 30.3 Å². The SMILES string of the molecule is Nc1ncnc2c(F)cccc12. The molecule has 0 amide bonds. The Morgan fingerprint density at radius 2 is 2.08 bits per heavy atom. The van der Waals surface area contributed by atoms with Crippen LogP contribution in [0, 0.1) is 5.82 Å². The van der Waals surface area contributed by atoms with Gasteiger partial charge in [0.2, 0.25) is 0 Å². The predicted octanol–water partition coefficient (Wildman–Crippen LogP) is 1.35. The van der Waals surface area contributed by atoms with Crippen molar-refractivity contribution in [2.24, 2.45) is 0 Å². The summed E-state index contributed by atoms with van der Waals surface area (Å²) >= 11 is 0. The van der Waals surface area contributed by atoms with Gasteiger partial charge in [-0.2, -0.15) is 0 Å². The lowest BCUT2D eigenvalue weighted by molar-refractivity contribution is 0.636. The van der Waals surface area contributed by atoms with Gasteiger partial charge in [0.05, 0.1) is 0 Å². The largest absolute Gasteiger partial charge is 0.383 e. The maximum absolute atomic E-state index is 13.0. The fourth-order valence-electron chi connectivity index (χ4n) is 1.07. The lowest BCUT2D eigenvalue weighted by atomic mass is 10.2. The molecular weight excluding hydrogens is 157 g/mol. The second kappa shape index (κ2) is 2.41. The van der Waals surface area contributed by atoms with Crippen molar-refractivity contribution in [3.8, 4) is 0 Å². The van der Waals surface area contributed by atoms with Gasteiger partial charge in [-0.05, 0) is 12.1 Å². The Labute approximate surface area is 68.1 Å². The Morgan fingerprint density at radius 3 is 2.83 bits per heavy atom. The highest BCUT2D eigenvalue weighted by atomic mass is 19.1. The summed E-state index contributed by atoms with van der Waals surface area (Å²) in [5, 5.41) is 0.553. The van der Waals surface area contributed by atoms with Gasteiger partial charge in [0.15, 0.2) is 0 Å². The summed E-state index contributed by atoms with van der Waals surface area (Å²) in [6, 6.07) is 4.61. The van der Waals surface area contributed by atoms with Gasteiger partial charge in [0, 0.05) is 5.39 Å². The molecule has 0 unspecified atom stereocenters. The number of halogens is 1. The van der Waals surface area contributed by atoms with Crippen LogP contribution in [0.1, 0.15) is 0 Å². The molecule has 0 saturated heterocycles. The Balaban J connectivity index is 2.94. The van der Waals surface area contributed by atoms with Gasteiger partial charge >= 0.3 is 0 Å². The van der Waals surface area contributed by atoms with Gasteiger partial charge in [-0.25, -0.2) is 14.4 Å². The lowest BCUT2D eigenvalue weighted by Crippen LogP contribution is -1.94. The molecule has 0 radical (unpaired) electrons. The van der Waals surface area contributed by atoms with Crippen LogP contribution in [-0.4, -0.2) is 9.97 Å². The molecule has 3 nitrogen and oxygen atoms in total. The smallest absolute Gasteiger partial charge is 0.149 e. The first-order valence-electron chi connectivity index (χ1n) is 3.44. The van der Waals surface area contributed by atoms with Crippen molar-refractivity contribution in [1.82, 2.24) is 9.97 Å². The zero-order valence-electron chi connectivity index (χ0n) is 6.16. The minimum absolute atomic E-state index is 0.269. The van der Waals surface area contributed by atoms with Crippen LogP contribution in [0.15, 0.2) is 24.5 Å². The van der Waals surface area contributed by atoms with Crippen LogP contribution in [0.3, 0.4) is 0 Å². The number of anilines is 1. The summed E-state index contributed by atoms with van der Waals surface area (Å²) in [5.74, 6) is -0.0684. The number of nitrogen functional groups attached to an aromatic ring is 1. The summed E-state index contributed by atoms with van der Waals surface area (Å²) in [6.07, 6.45) is 1.25. The molecule has 60 valence electrons. The zero-order chi connectivity index (χ0) is 8.55. The van der Waals surface area contributed by atoms with E-state index in [4.69, 9.17) is 5.73 Å². The van der Waals surface area contributed by atoms with E-state index in [0.717, 1.165) is 0 Å². The van der Waals surface area contributed by atoms with Crippen molar-refractivity contribution in [2.45, 2.75) is 0 Å². The van der Waals surface area contributed by atoms with Crippen LogP contribution in [-0.2, 0) is 0 Å². The topological polar surface area (TPSA) is 51.8 Å². The van der Waals surface area contributed by atoms with Crippen molar-refractivity contribution in [3.63, 3.8) is 0 Å². The number of benzene rings is 1. The normalized spacial score (nSPS) is 10.4. The Morgan fingerprint density at radius 1 is 1.25 bits per heavy atom. The molecule has 0 fully saturated rings. The fraction of sp³-hybridized carbons (Fsp3) is 0. The molecule has 1 aromatic heterocycles. The van der Waals surface area contributed by atoms with E-state index in [9.17, 15) is 4.39 Å². The second-order valence-corrected chi connectivity index (χ2v) is 2.39. The highest BCUT2D eigenvalue weighted by Gasteiger charge is 2.03. The third-order valence-corrected chi connectivity index (χ3v) is 1.65. The van der Waals surface area contributed by atoms with Crippen LogP contribution in [0.5, 0.6) is 0 Å². The maximum atomic E-state index is 13.0. The van der Waals surface area contributed by atoms with Crippen LogP contribution in [0.2, 0.25) is 0 Å². The van der Waals surface area contributed by atoms with Gasteiger partial charge in [-0.15, -0.1) is 0 Å². The molecule has 1 heterocycles. The van der Waals surface area contributed by atoms with Crippen molar-refractivity contribution in [1.29, 1.82) is 0 Å². The number of aromatic nitrogens is 2. The molecule has 1 aromatic carbocycles. The third-order valence-electron chi connectivity index (χ3n) is 1.65. The predicted molar refractivity (Wildman–Crippen MR) is 43.9 cm³/mol. The van der Waals surface area contributed by atoms with Crippen LogP contribution >= 0.6 is 0 Å². The molecule has 0 bridgehead atoms. The van der Waals surface area contributed by atoms with Gasteiger partial charge < -0.3 is 5.73 Å². The summed E-state index contributed by atoms with van der Waals surface area (Å²) < 4.78 is 13.0. The molecule has 4 heteroatoms. The van der Waals surface area contributed by atoms with Crippen molar-refractivity contribution < 1.29 is 4.39 Å². The monoisotopic (exact) mass is 163 g/mol. The number of hydrogen-bond donors (Lipinski definition) is 1. The van der Waals surface area contributed by atoms with Gasteiger partial charge in [0.1, 0.15) is 23.5 Å². The fourth-order valence-corrected chi connectivity index (χ4v) is 1.07. The first-order chi connectivity index (χ1) is 5.79. The number of rotatable bonds is 0. The Hall–Kier alpha value is -1.71. The summed E-state index contributed by atoms with van der Waals surface area (Å²) in [5.41, 5.74) is 5.78. The standard InChI is InChI=1S/C8H6FN3/c9-6-3-1-2-5-7(6)11-4-12-8(5)10/h1-4H,(H2,10,11,12). The van der Waals surface area contributed by atoms with Crippen LogP contribution in [0.25, 0.3) is 10.9 Å². The van der Waals surface area contributed by atoms with E-state index < -0.39 is 0 Å². The average Bonchev–Trinajstić information content (AvgIpc) is 2.07. The molecule has 12 heavy (non-hydrogen) atoms. The molecule has 0 aliphatic rings.